The highest BCUT2D eigenvalue weighted by Crippen LogP contribution is 2.24. The standard InChI is InChI=1S/C10H17F3N2O3S/c1-19(17,18)14-7-8-4-2-3-5-15(8)9(16)6-10(11,12)13/h8,14H,2-7H2,1H3/t8-/m0/s1. The largest absolute Gasteiger partial charge is 0.397 e. The summed E-state index contributed by atoms with van der Waals surface area (Å²) >= 11 is 0. The summed E-state index contributed by atoms with van der Waals surface area (Å²) in [6.45, 7) is 0.202. The van der Waals surface area contributed by atoms with Crippen molar-refractivity contribution >= 4 is 15.9 Å². The third-order valence-electron chi connectivity index (χ3n) is 2.88. The van der Waals surface area contributed by atoms with Gasteiger partial charge in [-0.2, -0.15) is 13.2 Å². The van der Waals surface area contributed by atoms with Crippen molar-refractivity contribution in [1.29, 1.82) is 0 Å². The predicted octanol–water partition coefficient (Wildman–Crippen LogP) is 0.869. The van der Waals surface area contributed by atoms with E-state index >= 15 is 0 Å². The molecule has 9 heteroatoms. The van der Waals surface area contributed by atoms with E-state index in [2.05, 4.69) is 4.72 Å². The number of nitrogens with one attached hydrogen (secondary N) is 1. The van der Waals surface area contributed by atoms with E-state index in [1.807, 2.05) is 0 Å². The molecule has 1 saturated heterocycles. The van der Waals surface area contributed by atoms with Crippen LogP contribution in [0.2, 0.25) is 0 Å². The number of halogens is 3. The van der Waals surface area contributed by atoms with Gasteiger partial charge in [0.2, 0.25) is 15.9 Å². The lowest BCUT2D eigenvalue weighted by Crippen LogP contribution is -2.50. The van der Waals surface area contributed by atoms with E-state index < -0.39 is 34.6 Å². The summed E-state index contributed by atoms with van der Waals surface area (Å²) in [4.78, 5) is 12.7. The van der Waals surface area contributed by atoms with E-state index in [9.17, 15) is 26.4 Å². The molecular formula is C10H17F3N2O3S. The predicted molar refractivity (Wildman–Crippen MR) is 62.9 cm³/mol. The molecule has 5 nitrogen and oxygen atoms in total. The zero-order chi connectivity index (χ0) is 14.7. The van der Waals surface area contributed by atoms with Crippen LogP contribution in [0, 0.1) is 0 Å². The number of nitrogens with zero attached hydrogens (tertiary/aromatic N) is 1. The van der Waals surface area contributed by atoms with Crippen LogP contribution in [-0.2, 0) is 14.8 Å². The molecular weight excluding hydrogens is 285 g/mol. The maximum Gasteiger partial charge on any atom is 0.397 e. The highest BCUT2D eigenvalue weighted by Gasteiger charge is 2.36. The summed E-state index contributed by atoms with van der Waals surface area (Å²) in [6, 6.07) is -0.502. The molecule has 0 saturated carbocycles. The molecule has 0 bridgehead atoms. The van der Waals surface area contributed by atoms with Crippen LogP contribution in [0.1, 0.15) is 25.7 Å². The molecule has 1 heterocycles. The van der Waals surface area contributed by atoms with E-state index in [4.69, 9.17) is 0 Å². The number of alkyl halides is 3. The molecule has 1 rings (SSSR count). The van der Waals surface area contributed by atoms with Gasteiger partial charge in [0.25, 0.3) is 0 Å². The first-order chi connectivity index (χ1) is 8.58. The summed E-state index contributed by atoms with van der Waals surface area (Å²) in [5.41, 5.74) is 0. The second-order valence-corrected chi connectivity index (χ2v) is 6.48. The van der Waals surface area contributed by atoms with Gasteiger partial charge >= 0.3 is 6.18 Å². The Morgan fingerprint density at radius 2 is 2.00 bits per heavy atom. The number of amides is 1. The van der Waals surface area contributed by atoms with Crippen LogP contribution in [0.3, 0.4) is 0 Å². The number of rotatable bonds is 4. The average Bonchev–Trinajstić information content (AvgIpc) is 2.23. The second kappa shape index (κ2) is 6.08. The monoisotopic (exact) mass is 302 g/mol. The number of hydrogen-bond acceptors (Lipinski definition) is 3. The normalized spacial score (nSPS) is 21.5. The lowest BCUT2D eigenvalue weighted by Gasteiger charge is -2.36. The second-order valence-electron chi connectivity index (χ2n) is 4.65. The summed E-state index contributed by atoms with van der Waals surface area (Å²) in [5, 5.41) is 0. The molecule has 1 amide bonds. The number of sulfonamides is 1. The molecule has 0 aromatic heterocycles. The smallest absolute Gasteiger partial charge is 0.338 e. The minimum absolute atomic E-state index is 0.0393. The van der Waals surface area contributed by atoms with Gasteiger partial charge in [-0.1, -0.05) is 0 Å². The van der Waals surface area contributed by atoms with E-state index in [0.717, 1.165) is 17.6 Å². The highest BCUT2D eigenvalue weighted by atomic mass is 32.2. The Kier molecular flexibility index (Phi) is 5.19. The number of hydrogen-bond donors (Lipinski definition) is 1. The van der Waals surface area contributed by atoms with Gasteiger partial charge in [0.05, 0.1) is 6.26 Å². The zero-order valence-corrected chi connectivity index (χ0v) is 11.4. The molecule has 0 radical (unpaired) electrons. The molecule has 1 aliphatic heterocycles. The number of likely N-dealkylation sites (tertiary alicyclic amines) is 1. The van der Waals surface area contributed by atoms with Gasteiger partial charge in [0, 0.05) is 19.1 Å². The van der Waals surface area contributed by atoms with Crippen molar-refractivity contribution in [3.05, 3.63) is 0 Å². The molecule has 0 aliphatic carbocycles. The van der Waals surface area contributed by atoms with Crippen LogP contribution in [0.25, 0.3) is 0 Å². The van der Waals surface area contributed by atoms with Gasteiger partial charge in [-0.3, -0.25) is 4.79 Å². The summed E-state index contributed by atoms with van der Waals surface area (Å²) in [6.07, 6.45) is -3.15. The number of piperidine rings is 1. The molecule has 19 heavy (non-hydrogen) atoms. The van der Waals surface area contributed by atoms with Gasteiger partial charge in [-0.25, -0.2) is 13.1 Å². The fourth-order valence-electron chi connectivity index (χ4n) is 2.06. The molecule has 1 fully saturated rings. The van der Waals surface area contributed by atoms with E-state index in [1.54, 1.807) is 0 Å². The first-order valence-electron chi connectivity index (χ1n) is 5.89. The fraction of sp³-hybridized carbons (Fsp3) is 0.900. The molecule has 0 aromatic rings. The number of carbonyl (C=O) groups is 1. The quantitative estimate of drug-likeness (QED) is 0.838. The molecule has 0 aromatic carbocycles. The molecule has 1 N–H and O–H groups in total. The Bertz CT molecular complexity index is 422. The van der Waals surface area contributed by atoms with E-state index in [-0.39, 0.29) is 13.1 Å². The van der Waals surface area contributed by atoms with E-state index in [1.165, 1.54) is 0 Å². The highest BCUT2D eigenvalue weighted by molar-refractivity contribution is 7.88. The van der Waals surface area contributed by atoms with Crippen molar-refractivity contribution < 1.29 is 26.4 Å². The number of carbonyl (C=O) groups excluding carboxylic acids is 1. The first-order valence-corrected chi connectivity index (χ1v) is 7.78. The van der Waals surface area contributed by atoms with Crippen molar-refractivity contribution in [2.24, 2.45) is 0 Å². The van der Waals surface area contributed by atoms with Crippen LogP contribution in [-0.4, -0.2) is 50.8 Å². The Balaban J connectivity index is 2.64. The fourth-order valence-corrected chi connectivity index (χ4v) is 2.56. The van der Waals surface area contributed by atoms with Crippen molar-refractivity contribution in [3.63, 3.8) is 0 Å². The summed E-state index contributed by atoms with van der Waals surface area (Å²) < 4.78 is 60.8. The summed E-state index contributed by atoms with van der Waals surface area (Å²) in [5.74, 6) is -0.993. The Morgan fingerprint density at radius 3 is 2.53 bits per heavy atom. The van der Waals surface area contributed by atoms with Gasteiger partial charge in [0.1, 0.15) is 6.42 Å². The Hall–Kier alpha value is -0.830. The Morgan fingerprint density at radius 1 is 1.37 bits per heavy atom. The average molecular weight is 302 g/mol. The van der Waals surface area contributed by atoms with Gasteiger partial charge in [-0.15, -0.1) is 0 Å². The van der Waals surface area contributed by atoms with Crippen LogP contribution < -0.4 is 4.72 Å². The molecule has 0 unspecified atom stereocenters. The molecule has 112 valence electrons. The lowest BCUT2D eigenvalue weighted by atomic mass is 10.0. The topological polar surface area (TPSA) is 66.5 Å². The first kappa shape index (κ1) is 16.2. The molecule has 1 aliphatic rings. The van der Waals surface area contributed by atoms with Crippen LogP contribution >= 0.6 is 0 Å². The third-order valence-corrected chi connectivity index (χ3v) is 3.57. The minimum Gasteiger partial charge on any atom is -0.338 e. The zero-order valence-electron chi connectivity index (χ0n) is 10.5. The van der Waals surface area contributed by atoms with Crippen molar-refractivity contribution in [1.82, 2.24) is 9.62 Å². The molecule has 0 spiro atoms. The van der Waals surface area contributed by atoms with Crippen molar-refractivity contribution in [2.75, 3.05) is 19.3 Å². The van der Waals surface area contributed by atoms with Gasteiger partial charge in [-0.05, 0) is 19.3 Å². The maximum absolute atomic E-state index is 12.2. The maximum atomic E-state index is 12.2. The van der Waals surface area contributed by atoms with Crippen LogP contribution in [0.4, 0.5) is 13.2 Å². The van der Waals surface area contributed by atoms with Crippen molar-refractivity contribution in [2.45, 2.75) is 37.9 Å². The summed E-state index contributed by atoms with van der Waals surface area (Å²) in [7, 11) is -3.42. The van der Waals surface area contributed by atoms with Crippen LogP contribution in [0.15, 0.2) is 0 Å². The van der Waals surface area contributed by atoms with E-state index in [0.29, 0.717) is 12.8 Å². The van der Waals surface area contributed by atoms with Gasteiger partial charge < -0.3 is 4.90 Å². The van der Waals surface area contributed by atoms with Gasteiger partial charge in [0.15, 0.2) is 0 Å². The Labute approximate surface area is 110 Å². The lowest BCUT2D eigenvalue weighted by molar-refractivity contribution is -0.163. The van der Waals surface area contributed by atoms with Crippen molar-refractivity contribution in [3.8, 4) is 0 Å². The SMILES string of the molecule is CS(=O)(=O)NC[C@@H]1CCCCN1C(=O)CC(F)(F)F. The minimum atomic E-state index is -4.54. The molecule has 1 atom stereocenters. The van der Waals surface area contributed by atoms with Crippen LogP contribution in [0.5, 0.6) is 0 Å². The third kappa shape index (κ3) is 6.24.